The predicted molar refractivity (Wildman–Crippen MR) is 303 cm³/mol. The zero-order chi connectivity index (χ0) is 53.7. The van der Waals surface area contributed by atoms with Crippen LogP contribution in [0.3, 0.4) is 0 Å². The summed E-state index contributed by atoms with van der Waals surface area (Å²) in [5.74, 6) is 4.10. The first-order chi connectivity index (χ1) is 34.6. The summed E-state index contributed by atoms with van der Waals surface area (Å²) in [6.07, 6.45) is 30.5. The molecule has 6 fully saturated rings. The van der Waals surface area contributed by atoms with Crippen LogP contribution in [0, 0.1) is 29.1 Å². The van der Waals surface area contributed by atoms with Crippen molar-refractivity contribution in [1.82, 2.24) is 0 Å². The fraction of sp³-hybridized carbons (Fsp3) is 1.00. The lowest BCUT2D eigenvalue weighted by Crippen LogP contribution is -2.48. The van der Waals surface area contributed by atoms with Gasteiger partial charge < -0.3 is 52.1 Å². The largest absolute Gasteiger partial charge is 0.385 e. The van der Waals surface area contributed by atoms with Crippen LogP contribution >= 0.6 is 0 Å². The highest BCUT2D eigenvalue weighted by Gasteiger charge is 2.50. The van der Waals surface area contributed by atoms with Crippen LogP contribution < -0.4 is 0 Å². The van der Waals surface area contributed by atoms with Gasteiger partial charge in [-0.2, -0.15) is 0 Å². The maximum atomic E-state index is 5.87. The van der Waals surface area contributed by atoms with Crippen LogP contribution in [0.25, 0.3) is 0 Å². The minimum absolute atomic E-state index is 0.605. The third kappa shape index (κ3) is 57.1. The molecule has 0 heterocycles. The Hall–Kier alpha value is -0.440. The first-order valence-corrected chi connectivity index (χ1v) is 29.7. The van der Waals surface area contributed by atoms with Crippen LogP contribution in [0.2, 0.25) is 0 Å². The fourth-order valence-electron chi connectivity index (χ4n) is 9.54. The monoisotopic (exact) mass is 1020 g/mol. The van der Waals surface area contributed by atoms with E-state index in [-0.39, 0.29) is 0 Å². The summed E-state index contributed by atoms with van der Waals surface area (Å²) in [7, 11) is 6.73. The van der Waals surface area contributed by atoms with Crippen molar-refractivity contribution in [2.75, 3.05) is 141 Å². The molecule has 6 aliphatic carbocycles. The van der Waals surface area contributed by atoms with E-state index in [4.69, 9.17) is 47.4 Å². The number of hydrogen-bond donors (Lipinski definition) is 0. The van der Waals surface area contributed by atoms with Crippen molar-refractivity contribution in [2.24, 2.45) is 29.1 Å². The van der Waals surface area contributed by atoms with E-state index in [1.807, 2.05) is 34.6 Å². The number of methoxy groups -OCH3 is 4. The number of hydrogen-bond acceptors (Lipinski definition) is 11. The van der Waals surface area contributed by atoms with E-state index < -0.39 is 0 Å². The summed E-state index contributed by atoms with van der Waals surface area (Å²) in [6, 6.07) is 0. The van der Waals surface area contributed by atoms with Gasteiger partial charge in [-0.25, -0.2) is 0 Å². The molecule has 0 radical (unpaired) electrons. The number of rotatable bonds is 28. The summed E-state index contributed by atoms with van der Waals surface area (Å²) >= 11 is 0. The minimum atomic E-state index is 0.605. The van der Waals surface area contributed by atoms with Crippen molar-refractivity contribution in [1.29, 1.82) is 0 Å². The van der Waals surface area contributed by atoms with E-state index in [2.05, 4.69) is 46.3 Å². The molecule has 4 bridgehead atoms. The van der Waals surface area contributed by atoms with E-state index in [0.717, 1.165) is 148 Å². The van der Waals surface area contributed by atoms with Crippen molar-refractivity contribution in [3.63, 3.8) is 0 Å². The predicted octanol–water partition coefficient (Wildman–Crippen LogP) is 15.3. The molecule has 6 saturated carbocycles. The standard InChI is InChI=1S/C14H24O.C10H20O.C9H18O.C6H14O2.C5H12O2.C5H12O.2C4H10O.C3H8O/c1-2-3-15-10-14-7-11-4-12(8-14)6-13(5-11)9-14;1-2-8-11-9-10-6-4-3-5-7-10;1-2-8-10-9-6-4-3-5-7-9;1-3-4-8-6-5-7-2;1-3-7-5-4-6-2;1-3-5-6-4-2;1-3-4-5-2;1-3-5-4-2;1-3-4-2/h11-13H,2-10H2,1H3;10H,2-9H2,1H3;9H,2-8H2,1H3;3-6H2,1-2H3;3-5H2,1-2H3;3-5H2,1-2H3;2*3-4H2,1-2H3;3H2,1-2H3. The van der Waals surface area contributed by atoms with Crippen molar-refractivity contribution in [3.05, 3.63) is 0 Å². The molecule has 0 aliphatic heterocycles. The Morgan fingerprint density at radius 3 is 1.08 bits per heavy atom. The summed E-state index contributed by atoms with van der Waals surface area (Å²) in [6.45, 7) is 37.4. The van der Waals surface area contributed by atoms with Gasteiger partial charge in [0.1, 0.15) is 0 Å². The molecule has 11 heteroatoms. The van der Waals surface area contributed by atoms with E-state index in [1.165, 1.54) is 89.9 Å². The highest BCUT2D eigenvalue weighted by Crippen LogP contribution is 2.60. The molecular weight excluding hydrogens is 897 g/mol. The van der Waals surface area contributed by atoms with Crippen molar-refractivity contribution in [2.45, 2.75) is 224 Å². The van der Waals surface area contributed by atoms with Gasteiger partial charge in [0.2, 0.25) is 0 Å². The lowest BCUT2D eigenvalue weighted by Gasteiger charge is -2.56. The summed E-state index contributed by atoms with van der Waals surface area (Å²) in [4.78, 5) is 0. The van der Waals surface area contributed by atoms with Gasteiger partial charge in [-0.3, -0.25) is 0 Å². The molecule has 0 aromatic carbocycles. The Morgan fingerprint density at radius 1 is 0.338 bits per heavy atom. The Labute approximate surface area is 444 Å². The second-order valence-corrected chi connectivity index (χ2v) is 19.5. The van der Waals surface area contributed by atoms with Gasteiger partial charge in [0.15, 0.2) is 0 Å². The fourth-order valence-corrected chi connectivity index (χ4v) is 9.54. The average Bonchev–Trinajstić information content (AvgIpc) is 3.39. The maximum Gasteiger partial charge on any atom is 0.0700 e. The molecule has 6 rings (SSSR count). The summed E-state index contributed by atoms with van der Waals surface area (Å²) in [5.41, 5.74) is 0.629. The van der Waals surface area contributed by atoms with Crippen LogP contribution in [0.4, 0.5) is 0 Å². The molecule has 0 saturated heterocycles. The van der Waals surface area contributed by atoms with Gasteiger partial charge in [-0.1, -0.05) is 80.1 Å². The minimum Gasteiger partial charge on any atom is -0.385 e. The number of ether oxygens (including phenoxy) is 11. The lowest BCUT2D eigenvalue weighted by molar-refractivity contribution is -0.0961. The Balaban J connectivity index is -0.000000368. The second-order valence-electron chi connectivity index (χ2n) is 19.5. The quantitative estimate of drug-likeness (QED) is 0.0700. The molecule has 0 aromatic rings. The van der Waals surface area contributed by atoms with E-state index in [9.17, 15) is 0 Å². The van der Waals surface area contributed by atoms with Crippen LogP contribution in [0.5, 0.6) is 0 Å². The van der Waals surface area contributed by atoms with Crippen molar-refractivity contribution in [3.8, 4) is 0 Å². The van der Waals surface area contributed by atoms with Gasteiger partial charge in [0.05, 0.1) is 39.1 Å². The molecule has 0 N–H and O–H groups in total. The molecule has 434 valence electrons. The SMILES string of the molecule is CCCOC.CCCOC1CCCCC1.CCCOCC.CCCOCC12CC3CC(CC(C3)C1)C2.CCCOCC1CCCCC1.CCCOCCOC.CCOC.CCOCC.CCOCCOC. The van der Waals surface area contributed by atoms with Crippen LogP contribution in [-0.4, -0.2) is 147 Å². The molecule has 11 nitrogen and oxygen atoms in total. The first-order valence-electron chi connectivity index (χ1n) is 29.7. The normalized spacial score (nSPS) is 20.6. The van der Waals surface area contributed by atoms with Crippen molar-refractivity contribution >= 4 is 0 Å². The molecule has 0 atom stereocenters. The van der Waals surface area contributed by atoms with Crippen molar-refractivity contribution < 1.29 is 52.1 Å². The molecule has 6 aliphatic rings. The molecule has 71 heavy (non-hydrogen) atoms. The Kier molecular flexibility index (Phi) is 71.3. The molecular formula is C60H128O11. The van der Waals surface area contributed by atoms with Gasteiger partial charge in [-0.05, 0) is 166 Å². The van der Waals surface area contributed by atoms with Gasteiger partial charge in [0.25, 0.3) is 0 Å². The van der Waals surface area contributed by atoms with Gasteiger partial charge >= 0.3 is 0 Å². The molecule has 0 unspecified atom stereocenters. The van der Waals surface area contributed by atoms with E-state index in [1.54, 1.807) is 47.7 Å². The van der Waals surface area contributed by atoms with Gasteiger partial charge in [-0.15, -0.1) is 0 Å². The molecule has 0 aromatic heterocycles. The van der Waals surface area contributed by atoms with E-state index in [0.29, 0.717) is 31.3 Å². The van der Waals surface area contributed by atoms with Crippen LogP contribution in [0.15, 0.2) is 0 Å². The average molecular weight is 1030 g/mol. The first kappa shape index (κ1) is 77.1. The molecule has 0 amide bonds. The molecule has 0 spiro atoms. The lowest BCUT2D eigenvalue weighted by atomic mass is 9.50. The maximum absolute atomic E-state index is 5.87. The van der Waals surface area contributed by atoms with E-state index >= 15 is 0 Å². The second kappa shape index (κ2) is 65.7. The topological polar surface area (TPSA) is 102 Å². The van der Waals surface area contributed by atoms with Gasteiger partial charge in [0, 0.05) is 108 Å². The van der Waals surface area contributed by atoms with Crippen LogP contribution in [-0.2, 0) is 52.1 Å². The highest BCUT2D eigenvalue weighted by molar-refractivity contribution is 5.01. The summed E-state index contributed by atoms with van der Waals surface area (Å²) in [5, 5.41) is 0. The third-order valence-electron chi connectivity index (χ3n) is 12.5. The smallest absolute Gasteiger partial charge is 0.0700 e. The van der Waals surface area contributed by atoms with Crippen LogP contribution in [0.1, 0.15) is 217 Å². The third-order valence-corrected chi connectivity index (χ3v) is 12.5. The summed E-state index contributed by atoms with van der Waals surface area (Å²) < 4.78 is 55.6. The Morgan fingerprint density at radius 2 is 0.718 bits per heavy atom. The zero-order valence-corrected chi connectivity index (χ0v) is 50.5. The highest BCUT2D eigenvalue weighted by atomic mass is 16.5. The zero-order valence-electron chi connectivity index (χ0n) is 50.5. The Bertz CT molecular complexity index is 840.